The molecule has 1 aromatic rings. The van der Waals surface area contributed by atoms with Gasteiger partial charge in [0, 0.05) is 0 Å². The first-order chi connectivity index (χ1) is 4.22. The molecule has 0 saturated carbocycles. The third-order valence-electron chi connectivity index (χ3n) is 1.64. The van der Waals surface area contributed by atoms with Crippen LogP contribution in [0.1, 0.15) is 16.7 Å². The molecule has 0 unspecified atom stereocenters. The monoisotopic (exact) mass is 126 g/mol. The van der Waals surface area contributed by atoms with Crippen LogP contribution in [0.4, 0.5) is 0 Å². The van der Waals surface area contributed by atoms with E-state index in [1.165, 1.54) is 11.1 Å². The van der Waals surface area contributed by atoms with Crippen LogP contribution in [-0.2, 0) is 0 Å². The van der Waals surface area contributed by atoms with E-state index in [1.807, 2.05) is 0 Å². The molecule has 10 heavy (non-hydrogen) atoms. The Bertz CT molecular complexity index is 196. The topological polar surface area (TPSA) is 0 Å². The van der Waals surface area contributed by atoms with Crippen molar-refractivity contribution in [1.82, 2.24) is 0 Å². The molecule has 0 heterocycles. The molecule has 0 aromatic heterocycles. The summed E-state index contributed by atoms with van der Waals surface area (Å²) < 4.78 is 0. The second-order valence-electron chi connectivity index (χ2n) is 2.37. The van der Waals surface area contributed by atoms with E-state index in [1.54, 1.807) is 0 Å². The summed E-state index contributed by atoms with van der Waals surface area (Å²) in [5, 5.41) is 0. The maximum absolute atomic E-state index is 3.92. The van der Waals surface area contributed by atoms with Crippen molar-refractivity contribution < 1.29 is 18.9 Å². The smallest absolute Gasteiger partial charge is 0.198 e. The molecular weight excluding hydrogens is 115 g/mol. The maximum atomic E-state index is 3.92. The summed E-state index contributed by atoms with van der Waals surface area (Å²) in [4.78, 5) is 0. The van der Waals surface area contributed by atoms with Gasteiger partial charge in [0.05, 0.1) is 0 Å². The Hall–Kier alpha value is -0.313. The van der Waals surface area contributed by atoms with E-state index >= 15 is 0 Å². The first-order valence-corrected chi connectivity index (χ1v) is 3.10. The average Bonchev–Trinajstić information content (AvgIpc) is 1.83. The summed E-state index contributed by atoms with van der Waals surface area (Å²) in [7, 11) is 0. The molecule has 0 N–H and O–H groups in total. The predicted octanol–water partition coefficient (Wildman–Crippen LogP) is -0.510. The summed E-state index contributed by atoms with van der Waals surface area (Å²) in [6.07, 6.45) is 0. The van der Waals surface area contributed by atoms with E-state index in [2.05, 4.69) is 39.0 Å². The largest absolute Gasteiger partial charge is 1.00 e. The van der Waals surface area contributed by atoms with Gasteiger partial charge in [-0.2, -0.15) is 23.6 Å². The van der Waals surface area contributed by atoms with Crippen LogP contribution in [0.15, 0.2) is 18.2 Å². The van der Waals surface area contributed by atoms with E-state index in [-0.39, 0.29) is 18.9 Å². The zero-order valence-corrected chi connectivity index (χ0v) is 6.94. The first kappa shape index (κ1) is 9.69. The quantitative estimate of drug-likeness (QED) is 0.324. The summed E-state index contributed by atoms with van der Waals surface area (Å²) in [6, 6.07) is 6.21. The van der Waals surface area contributed by atoms with Gasteiger partial charge in [-0.1, -0.05) is 19.9 Å². The standard InChI is InChI=1S/C9H11.Li/c1-7-5-4-6-8(2)9(7)3;/h4-6H,3H2,1-2H3;/q-1;+1. The molecular formula is C9H11Li. The second kappa shape index (κ2) is 3.76. The Labute approximate surface area is 74.8 Å². The molecule has 1 rings (SSSR count). The number of benzene rings is 1. The van der Waals surface area contributed by atoms with Crippen LogP contribution in [0.3, 0.4) is 0 Å². The van der Waals surface area contributed by atoms with Crippen molar-refractivity contribution in [1.29, 1.82) is 0 Å². The van der Waals surface area contributed by atoms with Crippen LogP contribution in [0.2, 0.25) is 0 Å². The molecule has 0 aliphatic heterocycles. The summed E-state index contributed by atoms with van der Waals surface area (Å²) in [5.74, 6) is 0. The minimum Gasteiger partial charge on any atom is -0.198 e. The SMILES string of the molecule is [CH2-]c1c(C)cccc1C.[Li+]. The fourth-order valence-electron chi connectivity index (χ4n) is 0.849. The summed E-state index contributed by atoms with van der Waals surface area (Å²) in [5.41, 5.74) is 3.71. The second-order valence-corrected chi connectivity index (χ2v) is 2.37. The zero-order valence-electron chi connectivity index (χ0n) is 6.94. The van der Waals surface area contributed by atoms with Crippen LogP contribution in [0.5, 0.6) is 0 Å². The van der Waals surface area contributed by atoms with Gasteiger partial charge in [-0.15, -0.1) is 12.1 Å². The van der Waals surface area contributed by atoms with Crippen molar-refractivity contribution in [3.63, 3.8) is 0 Å². The molecule has 0 aliphatic carbocycles. The minimum atomic E-state index is 0. The van der Waals surface area contributed by atoms with Gasteiger partial charge in [0.25, 0.3) is 0 Å². The zero-order chi connectivity index (χ0) is 6.85. The first-order valence-electron chi connectivity index (χ1n) is 3.10. The van der Waals surface area contributed by atoms with E-state index in [9.17, 15) is 0 Å². The van der Waals surface area contributed by atoms with Crippen molar-refractivity contribution >= 4 is 0 Å². The van der Waals surface area contributed by atoms with Gasteiger partial charge < -0.3 is 0 Å². The van der Waals surface area contributed by atoms with Crippen LogP contribution in [-0.4, -0.2) is 0 Å². The Morgan fingerprint density at radius 1 is 1.10 bits per heavy atom. The molecule has 0 bridgehead atoms. The molecule has 1 aromatic carbocycles. The van der Waals surface area contributed by atoms with Crippen LogP contribution >= 0.6 is 0 Å². The molecule has 0 radical (unpaired) electrons. The van der Waals surface area contributed by atoms with Gasteiger partial charge in [-0.3, -0.25) is 0 Å². The molecule has 0 aliphatic rings. The third kappa shape index (κ3) is 1.84. The number of rotatable bonds is 0. The van der Waals surface area contributed by atoms with Crippen molar-refractivity contribution in [3.8, 4) is 0 Å². The van der Waals surface area contributed by atoms with Crippen molar-refractivity contribution in [2.45, 2.75) is 13.8 Å². The fourth-order valence-corrected chi connectivity index (χ4v) is 0.849. The van der Waals surface area contributed by atoms with Crippen LogP contribution in [0.25, 0.3) is 0 Å². The van der Waals surface area contributed by atoms with Gasteiger partial charge in [-0.25, -0.2) is 0 Å². The molecule has 0 fully saturated rings. The van der Waals surface area contributed by atoms with Gasteiger partial charge in [0.2, 0.25) is 0 Å². The number of hydrogen-bond acceptors (Lipinski definition) is 0. The number of aryl methyl sites for hydroxylation is 2. The molecule has 1 heteroatoms. The van der Waals surface area contributed by atoms with Gasteiger partial charge in [0.15, 0.2) is 0 Å². The van der Waals surface area contributed by atoms with Crippen LogP contribution in [0, 0.1) is 20.8 Å². The van der Waals surface area contributed by atoms with Crippen molar-refractivity contribution in [2.75, 3.05) is 0 Å². The molecule has 48 valence electrons. The Kier molecular flexibility index (Phi) is 3.64. The summed E-state index contributed by atoms with van der Waals surface area (Å²) in [6.45, 7) is 8.08. The van der Waals surface area contributed by atoms with E-state index in [0.717, 1.165) is 5.56 Å². The fraction of sp³-hybridized carbons (Fsp3) is 0.222. The van der Waals surface area contributed by atoms with Crippen LogP contribution < -0.4 is 18.9 Å². The maximum Gasteiger partial charge on any atom is 1.00 e. The Morgan fingerprint density at radius 3 is 1.80 bits per heavy atom. The number of hydrogen-bond donors (Lipinski definition) is 0. The predicted molar refractivity (Wildman–Crippen MR) is 40.4 cm³/mol. The van der Waals surface area contributed by atoms with Crippen molar-refractivity contribution in [2.24, 2.45) is 0 Å². The third-order valence-corrected chi connectivity index (χ3v) is 1.64. The normalized spacial score (nSPS) is 8.60. The van der Waals surface area contributed by atoms with E-state index < -0.39 is 0 Å². The van der Waals surface area contributed by atoms with Gasteiger partial charge in [0.1, 0.15) is 0 Å². The van der Waals surface area contributed by atoms with Gasteiger partial charge in [-0.05, 0) is 0 Å². The Balaban J connectivity index is 0.000000810. The van der Waals surface area contributed by atoms with Gasteiger partial charge >= 0.3 is 18.9 Å². The van der Waals surface area contributed by atoms with E-state index in [0.29, 0.717) is 0 Å². The van der Waals surface area contributed by atoms with E-state index in [4.69, 9.17) is 0 Å². The molecule has 0 saturated heterocycles. The summed E-state index contributed by atoms with van der Waals surface area (Å²) >= 11 is 0. The minimum absolute atomic E-state index is 0. The molecule has 0 atom stereocenters. The van der Waals surface area contributed by atoms with Crippen molar-refractivity contribution in [3.05, 3.63) is 41.8 Å². The Morgan fingerprint density at radius 2 is 1.50 bits per heavy atom. The molecule has 0 spiro atoms. The average molecular weight is 126 g/mol. The molecule has 0 nitrogen and oxygen atoms in total. The molecule has 0 amide bonds.